The fraction of sp³-hybridized carbons (Fsp3) is 1.00. The Kier molecular flexibility index (Phi) is 5.40. The SMILES string of the molecule is CC(CO)(CO)COCCC(F)(F)F. The lowest BCUT2D eigenvalue weighted by Crippen LogP contribution is -2.32. The van der Waals surface area contributed by atoms with Crippen molar-refractivity contribution < 1.29 is 28.1 Å². The summed E-state index contributed by atoms with van der Waals surface area (Å²) in [6, 6.07) is 0. The minimum atomic E-state index is -4.23. The van der Waals surface area contributed by atoms with Gasteiger partial charge in [-0.05, 0) is 0 Å². The van der Waals surface area contributed by atoms with Gasteiger partial charge in [0.2, 0.25) is 0 Å². The molecular weight excluding hydrogens is 201 g/mol. The highest BCUT2D eigenvalue weighted by molar-refractivity contribution is 4.71. The third-order valence-corrected chi connectivity index (χ3v) is 1.74. The number of hydrogen-bond donors (Lipinski definition) is 2. The predicted molar refractivity (Wildman–Crippen MR) is 43.8 cm³/mol. The summed E-state index contributed by atoms with van der Waals surface area (Å²) in [5.41, 5.74) is -0.869. The fourth-order valence-corrected chi connectivity index (χ4v) is 0.648. The van der Waals surface area contributed by atoms with Crippen LogP contribution in [0.5, 0.6) is 0 Å². The summed E-state index contributed by atoms with van der Waals surface area (Å²) in [6.45, 7) is 0.348. The van der Waals surface area contributed by atoms with Crippen LogP contribution in [0.2, 0.25) is 0 Å². The number of alkyl halides is 3. The summed E-state index contributed by atoms with van der Waals surface area (Å²) >= 11 is 0. The summed E-state index contributed by atoms with van der Waals surface area (Å²) in [5, 5.41) is 17.6. The Hall–Kier alpha value is -0.330. The van der Waals surface area contributed by atoms with Crippen molar-refractivity contribution in [3.05, 3.63) is 0 Å². The molecule has 0 amide bonds. The van der Waals surface area contributed by atoms with E-state index in [1.165, 1.54) is 6.92 Å². The van der Waals surface area contributed by atoms with Crippen LogP contribution in [0.15, 0.2) is 0 Å². The second-order valence-electron chi connectivity index (χ2n) is 3.54. The molecule has 6 heteroatoms. The van der Waals surface area contributed by atoms with Crippen molar-refractivity contribution in [3.63, 3.8) is 0 Å². The van der Waals surface area contributed by atoms with Crippen LogP contribution in [0.25, 0.3) is 0 Å². The van der Waals surface area contributed by atoms with Crippen molar-refractivity contribution in [1.82, 2.24) is 0 Å². The molecule has 0 aliphatic heterocycles. The first-order chi connectivity index (χ1) is 6.33. The van der Waals surface area contributed by atoms with Gasteiger partial charge in [-0.2, -0.15) is 13.2 Å². The van der Waals surface area contributed by atoms with Gasteiger partial charge in [0.1, 0.15) is 0 Å². The molecule has 0 aromatic rings. The lowest BCUT2D eigenvalue weighted by Gasteiger charge is -2.24. The van der Waals surface area contributed by atoms with E-state index in [1.807, 2.05) is 0 Å². The normalized spacial score (nSPS) is 13.3. The van der Waals surface area contributed by atoms with Gasteiger partial charge >= 0.3 is 6.18 Å². The first kappa shape index (κ1) is 13.7. The molecule has 0 aromatic carbocycles. The van der Waals surface area contributed by atoms with Crippen molar-refractivity contribution >= 4 is 0 Å². The minimum Gasteiger partial charge on any atom is -0.396 e. The zero-order valence-corrected chi connectivity index (χ0v) is 7.97. The van der Waals surface area contributed by atoms with Crippen LogP contribution >= 0.6 is 0 Å². The molecule has 0 aromatic heterocycles. The second-order valence-corrected chi connectivity index (χ2v) is 3.54. The molecule has 2 N–H and O–H groups in total. The van der Waals surface area contributed by atoms with Gasteiger partial charge in [0.05, 0.1) is 32.8 Å². The number of rotatable bonds is 6. The Morgan fingerprint density at radius 1 is 1.14 bits per heavy atom. The van der Waals surface area contributed by atoms with Crippen LogP contribution in [0.3, 0.4) is 0 Å². The van der Waals surface area contributed by atoms with Gasteiger partial charge in [0.15, 0.2) is 0 Å². The number of aliphatic hydroxyl groups excluding tert-OH is 2. The van der Waals surface area contributed by atoms with E-state index in [-0.39, 0.29) is 19.8 Å². The van der Waals surface area contributed by atoms with Crippen LogP contribution in [-0.4, -0.2) is 42.8 Å². The van der Waals surface area contributed by atoms with E-state index >= 15 is 0 Å². The monoisotopic (exact) mass is 216 g/mol. The average Bonchev–Trinajstić information content (AvgIpc) is 2.11. The van der Waals surface area contributed by atoms with Crippen molar-refractivity contribution in [2.24, 2.45) is 5.41 Å². The molecule has 0 fully saturated rings. The molecule has 0 aliphatic rings. The molecule has 0 spiro atoms. The molecule has 0 bridgehead atoms. The molecule has 0 heterocycles. The highest BCUT2D eigenvalue weighted by Gasteiger charge is 2.28. The van der Waals surface area contributed by atoms with E-state index in [2.05, 4.69) is 0 Å². The maximum Gasteiger partial charge on any atom is 0.391 e. The second kappa shape index (κ2) is 5.53. The first-order valence-electron chi connectivity index (χ1n) is 4.19. The number of hydrogen-bond acceptors (Lipinski definition) is 3. The summed E-state index contributed by atoms with van der Waals surface area (Å²) in [7, 11) is 0. The average molecular weight is 216 g/mol. The summed E-state index contributed by atoms with van der Waals surface area (Å²) < 4.78 is 39.7. The van der Waals surface area contributed by atoms with E-state index in [1.54, 1.807) is 0 Å². The van der Waals surface area contributed by atoms with Crippen molar-refractivity contribution in [2.45, 2.75) is 19.5 Å². The molecule has 0 atom stereocenters. The molecule has 0 unspecified atom stereocenters. The molecule has 0 aliphatic carbocycles. The van der Waals surface area contributed by atoms with Gasteiger partial charge in [0, 0.05) is 5.41 Å². The lowest BCUT2D eigenvalue weighted by molar-refractivity contribution is -0.148. The van der Waals surface area contributed by atoms with E-state index in [0.717, 1.165) is 0 Å². The Morgan fingerprint density at radius 2 is 1.64 bits per heavy atom. The van der Waals surface area contributed by atoms with Crippen LogP contribution in [0.1, 0.15) is 13.3 Å². The summed E-state index contributed by atoms with van der Waals surface area (Å²) in [4.78, 5) is 0. The van der Waals surface area contributed by atoms with Crippen LogP contribution in [-0.2, 0) is 4.74 Å². The fourth-order valence-electron chi connectivity index (χ4n) is 0.648. The Bertz CT molecular complexity index is 154. The Morgan fingerprint density at radius 3 is 2.00 bits per heavy atom. The molecule has 0 radical (unpaired) electrons. The molecule has 0 saturated carbocycles. The van der Waals surface area contributed by atoms with Gasteiger partial charge in [-0.15, -0.1) is 0 Å². The minimum absolute atomic E-state index is 0.0872. The van der Waals surface area contributed by atoms with Gasteiger partial charge in [-0.25, -0.2) is 0 Å². The molecular formula is C8H15F3O3. The van der Waals surface area contributed by atoms with E-state index in [0.29, 0.717) is 0 Å². The quantitative estimate of drug-likeness (QED) is 0.650. The van der Waals surface area contributed by atoms with Crippen LogP contribution < -0.4 is 0 Å². The first-order valence-corrected chi connectivity index (χ1v) is 4.19. The van der Waals surface area contributed by atoms with Crippen molar-refractivity contribution in [1.29, 1.82) is 0 Å². The number of halogens is 3. The van der Waals surface area contributed by atoms with E-state index in [4.69, 9.17) is 14.9 Å². The van der Waals surface area contributed by atoms with Crippen molar-refractivity contribution in [2.75, 3.05) is 26.4 Å². The van der Waals surface area contributed by atoms with E-state index in [9.17, 15) is 13.2 Å². The van der Waals surface area contributed by atoms with Gasteiger partial charge in [0.25, 0.3) is 0 Å². The van der Waals surface area contributed by atoms with Gasteiger partial charge in [-0.1, -0.05) is 6.92 Å². The van der Waals surface area contributed by atoms with Gasteiger partial charge < -0.3 is 14.9 Å². The van der Waals surface area contributed by atoms with Crippen LogP contribution in [0, 0.1) is 5.41 Å². The highest BCUT2D eigenvalue weighted by atomic mass is 19.4. The predicted octanol–water partition coefficient (Wildman–Crippen LogP) is 0.946. The lowest BCUT2D eigenvalue weighted by atomic mass is 9.95. The number of aliphatic hydroxyl groups is 2. The molecule has 14 heavy (non-hydrogen) atoms. The zero-order chi connectivity index (χ0) is 11.2. The maximum absolute atomic E-state index is 11.7. The molecule has 0 rings (SSSR count). The summed E-state index contributed by atoms with van der Waals surface area (Å²) in [5.74, 6) is 0. The third kappa shape index (κ3) is 6.17. The van der Waals surface area contributed by atoms with Crippen LogP contribution in [0.4, 0.5) is 13.2 Å². The molecule has 0 saturated heterocycles. The number of ether oxygens (including phenoxy) is 1. The highest BCUT2D eigenvalue weighted by Crippen LogP contribution is 2.20. The third-order valence-electron chi connectivity index (χ3n) is 1.74. The standard InChI is InChI=1S/C8H15F3O3/c1-7(4-12,5-13)6-14-3-2-8(9,10)11/h12-13H,2-6H2,1H3. The molecule has 86 valence electrons. The molecule has 3 nitrogen and oxygen atoms in total. The van der Waals surface area contributed by atoms with Gasteiger partial charge in [-0.3, -0.25) is 0 Å². The van der Waals surface area contributed by atoms with E-state index < -0.39 is 24.6 Å². The Labute approximate surface area is 80.5 Å². The topological polar surface area (TPSA) is 49.7 Å². The summed E-state index contributed by atoms with van der Waals surface area (Å²) in [6.07, 6.45) is -5.24. The van der Waals surface area contributed by atoms with Crippen molar-refractivity contribution in [3.8, 4) is 0 Å². The smallest absolute Gasteiger partial charge is 0.391 e. The maximum atomic E-state index is 11.7. The largest absolute Gasteiger partial charge is 0.396 e. The zero-order valence-electron chi connectivity index (χ0n) is 7.97. The Balaban J connectivity index is 3.63.